The molecule has 4 nitrogen and oxygen atoms in total. The lowest BCUT2D eigenvalue weighted by atomic mass is 10.1. The second-order valence-corrected chi connectivity index (χ2v) is 4.34. The zero-order valence-corrected chi connectivity index (χ0v) is 10.9. The molecular weight excluding hydrogens is 242 g/mol. The molecule has 1 aromatic carbocycles. The minimum absolute atomic E-state index is 0.336. The van der Waals surface area contributed by atoms with E-state index in [-0.39, 0.29) is 5.97 Å². The van der Waals surface area contributed by atoms with E-state index in [9.17, 15) is 9.59 Å². The first-order valence-electron chi connectivity index (χ1n) is 6.47. The van der Waals surface area contributed by atoms with Crippen molar-refractivity contribution in [3.63, 3.8) is 0 Å². The zero-order valence-electron chi connectivity index (χ0n) is 10.9. The molecule has 0 saturated heterocycles. The number of carbonyl (C=O) groups excluding carboxylic acids is 2. The number of H-pyrrole nitrogens is 1. The number of esters is 1. The molecule has 0 radical (unpaired) electrons. The SMILES string of the molecule is CCOC(=O)c1cc2cccc(CCCC=O)c2[nH]1. The van der Waals surface area contributed by atoms with Crippen molar-refractivity contribution in [2.75, 3.05) is 6.61 Å². The van der Waals surface area contributed by atoms with Gasteiger partial charge in [-0.05, 0) is 31.4 Å². The smallest absolute Gasteiger partial charge is 0.354 e. The minimum Gasteiger partial charge on any atom is -0.461 e. The van der Waals surface area contributed by atoms with E-state index in [0.29, 0.717) is 18.7 Å². The number of hydrogen-bond donors (Lipinski definition) is 1. The Kier molecular flexibility index (Phi) is 4.34. The maximum Gasteiger partial charge on any atom is 0.354 e. The van der Waals surface area contributed by atoms with E-state index < -0.39 is 0 Å². The Labute approximate surface area is 111 Å². The van der Waals surface area contributed by atoms with Crippen molar-refractivity contribution in [2.24, 2.45) is 0 Å². The van der Waals surface area contributed by atoms with Gasteiger partial charge >= 0.3 is 5.97 Å². The van der Waals surface area contributed by atoms with Gasteiger partial charge in [-0.2, -0.15) is 0 Å². The Bertz CT molecular complexity index is 586. The van der Waals surface area contributed by atoms with Crippen LogP contribution in [0.3, 0.4) is 0 Å². The number of fused-ring (bicyclic) bond motifs is 1. The van der Waals surface area contributed by atoms with Crippen molar-refractivity contribution >= 4 is 23.2 Å². The molecule has 0 aliphatic rings. The molecule has 1 aromatic heterocycles. The van der Waals surface area contributed by atoms with Crippen molar-refractivity contribution in [1.82, 2.24) is 4.98 Å². The summed E-state index contributed by atoms with van der Waals surface area (Å²) < 4.78 is 4.98. The number of aldehydes is 1. The third-order valence-corrected chi connectivity index (χ3v) is 3.01. The lowest BCUT2D eigenvalue weighted by Crippen LogP contribution is -2.04. The van der Waals surface area contributed by atoms with Gasteiger partial charge in [-0.15, -0.1) is 0 Å². The van der Waals surface area contributed by atoms with Crippen molar-refractivity contribution in [1.29, 1.82) is 0 Å². The minimum atomic E-state index is -0.336. The number of aromatic nitrogens is 1. The van der Waals surface area contributed by atoms with Gasteiger partial charge in [-0.1, -0.05) is 18.2 Å². The summed E-state index contributed by atoms with van der Waals surface area (Å²) in [5.41, 5.74) is 2.55. The van der Waals surface area contributed by atoms with E-state index in [1.54, 1.807) is 13.0 Å². The largest absolute Gasteiger partial charge is 0.461 e. The second-order valence-electron chi connectivity index (χ2n) is 4.34. The molecule has 0 atom stereocenters. The normalized spacial score (nSPS) is 10.6. The first-order valence-corrected chi connectivity index (χ1v) is 6.47. The molecule has 100 valence electrons. The third kappa shape index (κ3) is 3.02. The highest BCUT2D eigenvalue weighted by molar-refractivity contribution is 5.95. The maximum absolute atomic E-state index is 11.7. The van der Waals surface area contributed by atoms with Crippen LogP contribution in [-0.4, -0.2) is 23.8 Å². The van der Waals surface area contributed by atoms with E-state index in [0.717, 1.165) is 35.6 Å². The van der Waals surface area contributed by atoms with Gasteiger partial charge in [0.25, 0.3) is 0 Å². The van der Waals surface area contributed by atoms with Crippen LogP contribution in [0.2, 0.25) is 0 Å². The van der Waals surface area contributed by atoms with Gasteiger partial charge < -0.3 is 14.5 Å². The lowest BCUT2D eigenvalue weighted by Gasteiger charge is -2.01. The van der Waals surface area contributed by atoms with Crippen molar-refractivity contribution in [3.8, 4) is 0 Å². The van der Waals surface area contributed by atoms with Crippen molar-refractivity contribution in [2.45, 2.75) is 26.2 Å². The van der Waals surface area contributed by atoms with Crippen LogP contribution in [-0.2, 0) is 16.0 Å². The van der Waals surface area contributed by atoms with Gasteiger partial charge in [-0.25, -0.2) is 4.79 Å². The number of ether oxygens (including phenoxy) is 1. The van der Waals surface area contributed by atoms with Gasteiger partial charge in [0.1, 0.15) is 12.0 Å². The first-order chi connectivity index (χ1) is 9.26. The number of carbonyl (C=O) groups is 2. The fraction of sp³-hybridized carbons (Fsp3) is 0.333. The Morgan fingerprint density at radius 3 is 3.00 bits per heavy atom. The molecule has 2 aromatic rings. The van der Waals surface area contributed by atoms with Crippen molar-refractivity contribution in [3.05, 3.63) is 35.5 Å². The molecule has 4 heteroatoms. The molecular formula is C15H17NO3. The highest BCUT2D eigenvalue weighted by Crippen LogP contribution is 2.21. The van der Waals surface area contributed by atoms with Gasteiger partial charge in [-0.3, -0.25) is 0 Å². The molecule has 0 aliphatic carbocycles. The number of para-hydroxylation sites is 1. The van der Waals surface area contributed by atoms with Crippen LogP contribution < -0.4 is 0 Å². The van der Waals surface area contributed by atoms with Gasteiger partial charge in [0.2, 0.25) is 0 Å². The Morgan fingerprint density at radius 1 is 1.42 bits per heavy atom. The quantitative estimate of drug-likeness (QED) is 0.493. The van der Waals surface area contributed by atoms with Crippen LogP contribution in [0, 0.1) is 0 Å². The second kappa shape index (κ2) is 6.18. The molecule has 2 rings (SSSR count). The average Bonchev–Trinajstić information content (AvgIpc) is 2.84. The van der Waals surface area contributed by atoms with Gasteiger partial charge in [0.15, 0.2) is 0 Å². The Balaban J connectivity index is 2.28. The molecule has 19 heavy (non-hydrogen) atoms. The Hall–Kier alpha value is -2.10. The van der Waals surface area contributed by atoms with E-state index in [4.69, 9.17) is 4.74 Å². The highest BCUT2D eigenvalue weighted by atomic mass is 16.5. The predicted octanol–water partition coefficient (Wildman–Crippen LogP) is 2.87. The standard InChI is InChI=1S/C15H17NO3/c1-2-19-15(18)13-10-12-8-5-7-11(14(12)16-13)6-3-4-9-17/h5,7-10,16H,2-4,6H2,1H3. The number of benzene rings is 1. The fourth-order valence-corrected chi connectivity index (χ4v) is 2.12. The van der Waals surface area contributed by atoms with Crippen molar-refractivity contribution < 1.29 is 14.3 Å². The zero-order chi connectivity index (χ0) is 13.7. The molecule has 0 unspecified atom stereocenters. The molecule has 1 N–H and O–H groups in total. The molecule has 0 bridgehead atoms. The highest BCUT2D eigenvalue weighted by Gasteiger charge is 2.11. The van der Waals surface area contributed by atoms with E-state index in [2.05, 4.69) is 4.98 Å². The summed E-state index contributed by atoms with van der Waals surface area (Å²) in [4.78, 5) is 25.2. The topological polar surface area (TPSA) is 59.2 Å². The summed E-state index contributed by atoms with van der Waals surface area (Å²) >= 11 is 0. The summed E-state index contributed by atoms with van der Waals surface area (Å²) in [6, 6.07) is 7.73. The lowest BCUT2D eigenvalue weighted by molar-refractivity contribution is -0.107. The Morgan fingerprint density at radius 2 is 2.26 bits per heavy atom. The summed E-state index contributed by atoms with van der Waals surface area (Å²) in [6.45, 7) is 2.14. The number of rotatable bonds is 6. The van der Waals surface area contributed by atoms with Crippen LogP contribution in [0.4, 0.5) is 0 Å². The summed E-state index contributed by atoms with van der Waals surface area (Å²) in [7, 11) is 0. The summed E-state index contributed by atoms with van der Waals surface area (Å²) in [6.07, 6.45) is 3.12. The van der Waals surface area contributed by atoms with Crippen LogP contribution in [0.1, 0.15) is 35.8 Å². The summed E-state index contributed by atoms with van der Waals surface area (Å²) in [5, 5.41) is 0.992. The summed E-state index contributed by atoms with van der Waals surface area (Å²) in [5.74, 6) is -0.336. The molecule has 1 heterocycles. The number of aryl methyl sites for hydroxylation is 1. The first kappa shape index (κ1) is 13.3. The molecule has 0 amide bonds. The number of hydrogen-bond acceptors (Lipinski definition) is 3. The van der Waals surface area contributed by atoms with Crippen LogP contribution >= 0.6 is 0 Å². The third-order valence-electron chi connectivity index (χ3n) is 3.01. The molecule has 0 spiro atoms. The monoisotopic (exact) mass is 259 g/mol. The number of unbranched alkanes of at least 4 members (excludes halogenated alkanes) is 1. The van der Waals surface area contributed by atoms with Crippen LogP contribution in [0.15, 0.2) is 24.3 Å². The van der Waals surface area contributed by atoms with Gasteiger partial charge in [0.05, 0.1) is 6.61 Å². The molecule has 0 saturated carbocycles. The fourth-order valence-electron chi connectivity index (χ4n) is 2.12. The number of nitrogens with one attached hydrogen (secondary N) is 1. The van der Waals surface area contributed by atoms with Gasteiger partial charge in [0, 0.05) is 17.3 Å². The van der Waals surface area contributed by atoms with E-state index in [1.807, 2.05) is 18.2 Å². The maximum atomic E-state index is 11.7. The van der Waals surface area contributed by atoms with E-state index in [1.165, 1.54) is 0 Å². The number of aromatic amines is 1. The molecule has 0 fully saturated rings. The van der Waals surface area contributed by atoms with E-state index >= 15 is 0 Å². The van der Waals surface area contributed by atoms with Crippen LogP contribution in [0.5, 0.6) is 0 Å². The average molecular weight is 259 g/mol. The van der Waals surface area contributed by atoms with Crippen LogP contribution in [0.25, 0.3) is 10.9 Å². The molecule has 0 aliphatic heterocycles. The predicted molar refractivity (Wildman–Crippen MR) is 73.3 cm³/mol.